The van der Waals surface area contributed by atoms with Gasteiger partial charge in [0, 0.05) is 21.2 Å². The molecule has 0 saturated heterocycles. The summed E-state index contributed by atoms with van der Waals surface area (Å²) in [6, 6.07) is 6.90. The maximum Gasteiger partial charge on any atom is 0.0313 e. The van der Waals surface area contributed by atoms with Crippen LogP contribution in [0.2, 0.25) is 0 Å². The molecule has 1 aliphatic carbocycles. The average molecular weight is 328 g/mol. The second kappa shape index (κ2) is 6.97. The van der Waals surface area contributed by atoms with Crippen molar-refractivity contribution in [3.63, 3.8) is 0 Å². The van der Waals surface area contributed by atoms with Crippen molar-refractivity contribution < 1.29 is 0 Å². The van der Waals surface area contributed by atoms with Crippen LogP contribution in [-0.4, -0.2) is 11.8 Å². The lowest BCUT2D eigenvalue weighted by atomic mass is 10.1. The highest BCUT2D eigenvalue weighted by Crippen LogP contribution is 2.34. The molecule has 0 heterocycles. The standard InChI is InChI=1S/C15H22BrNS/c1-11(17)8-13-6-7-15(14(16)9-13)18-10-12-4-2-3-5-12/h6-7,9,11-12H,2-5,8,10,17H2,1H3. The summed E-state index contributed by atoms with van der Waals surface area (Å²) in [4.78, 5) is 1.37. The maximum absolute atomic E-state index is 5.83. The van der Waals surface area contributed by atoms with Crippen LogP contribution in [0.25, 0.3) is 0 Å². The molecule has 1 atom stereocenters. The van der Waals surface area contributed by atoms with Crippen LogP contribution in [0.15, 0.2) is 27.6 Å². The molecule has 1 saturated carbocycles. The SMILES string of the molecule is CC(N)Cc1ccc(SCC2CCCC2)c(Br)c1. The number of thioether (sulfide) groups is 1. The van der Waals surface area contributed by atoms with Crippen LogP contribution in [0.1, 0.15) is 38.2 Å². The summed E-state index contributed by atoms with van der Waals surface area (Å²) in [6.45, 7) is 2.05. The molecule has 0 spiro atoms. The molecule has 2 rings (SSSR count). The first-order valence-corrected chi connectivity index (χ1v) is 8.60. The summed E-state index contributed by atoms with van der Waals surface area (Å²) in [5.74, 6) is 2.20. The predicted molar refractivity (Wildman–Crippen MR) is 84.2 cm³/mol. The van der Waals surface area contributed by atoms with Gasteiger partial charge in [-0.25, -0.2) is 0 Å². The van der Waals surface area contributed by atoms with E-state index in [0.29, 0.717) is 0 Å². The number of hydrogen-bond donors (Lipinski definition) is 1. The van der Waals surface area contributed by atoms with E-state index in [-0.39, 0.29) is 6.04 Å². The van der Waals surface area contributed by atoms with Gasteiger partial charge in [0.15, 0.2) is 0 Å². The second-order valence-corrected chi connectivity index (χ2v) is 7.32. The highest BCUT2D eigenvalue weighted by molar-refractivity contribution is 9.10. The van der Waals surface area contributed by atoms with Gasteiger partial charge < -0.3 is 5.73 Å². The molecule has 0 aliphatic heterocycles. The fraction of sp³-hybridized carbons (Fsp3) is 0.600. The van der Waals surface area contributed by atoms with Crippen LogP contribution >= 0.6 is 27.7 Å². The van der Waals surface area contributed by atoms with Gasteiger partial charge in [-0.15, -0.1) is 11.8 Å². The molecular formula is C15H22BrNS. The van der Waals surface area contributed by atoms with E-state index in [9.17, 15) is 0 Å². The van der Waals surface area contributed by atoms with Crippen molar-refractivity contribution >= 4 is 27.7 Å². The minimum atomic E-state index is 0.230. The van der Waals surface area contributed by atoms with Crippen LogP contribution < -0.4 is 5.73 Å². The fourth-order valence-corrected chi connectivity index (χ4v) is 4.42. The van der Waals surface area contributed by atoms with Gasteiger partial charge in [-0.3, -0.25) is 0 Å². The van der Waals surface area contributed by atoms with E-state index >= 15 is 0 Å². The summed E-state index contributed by atoms with van der Waals surface area (Å²) < 4.78 is 1.23. The molecule has 1 aromatic carbocycles. The molecule has 0 amide bonds. The first kappa shape index (κ1) is 14.4. The van der Waals surface area contributed by atoms with Crippen LogP contribution in [0.3, 0.4) is 0 Å². The molecule has 3 heteroatoms. The van der Waals surface area contributed by atoms with Gasteiger partial charge in [0.05, 0.1) is 0 Å². The van der Waals surface area contributed by atoms with Crippen molar-refractivity contribution in [1.82, 2.24) is 0 Å². The van der Waals surface area contributed by atoms with E-state index in [2.05, 4.69) is 41.1 Å². The monoisotopic (exact) mass is 327 g/mol. The lowest BCUT2D eigenvalue weighted by Gasteiger charge is -2.11. The molecule has 1 unspecified atom stereocenters. The third kappa shape index (κ3) is 4.29. The third-order valence-electron chi connectivity index (χ3n) is 3.50. The lowest BCUT2D eigenvalue weighted by Crippen LogP contribution is -2.17. The van der Waals surface area contributed by atoms with Crippen LogP contribution in [0.4, 0.5) is 0 Å². The molecule has 0 bridgehead atoms. The number of benzene rings is 1. The quantitative estimate of drug-likeness (QED) is 0.798. The normalized spacial score (nSPS) is 18.2. The topological polar surface area (TPSA) is 26.0 Å². The number of halogens is 1. The van der Waals surface area contributed by atoms with E-state index in [0.717, 1.165) is 12.3 Å². The Hall–Kier alpha value is 0.01000. The Bertz CT molecular complexity index is 386. The smallest absolute Gasteiger partial charge is 0.0313 e. The van der Waals surface area contributed by atoms with E-state index in [1.54, 1.807) is 0 Å². The number of rotatable bonds is 5. The zero-order valence-corrected chi connectivity index (χ0v) is 13.4. The largest absolute Gasteiger partial charge is 0.328 e. The summed E-state index contributed by atoms with van der Waals surface area (Å²) >= 11 is 5.68. The van der Waals surface area contributed by atoms with Crippen molar-refractivity contribution in [2.45, 2.75) is 50.0 Å². The molecule has 100 valence electrons. The Kier molecular flexibility index (Phi) is 5.58. The van der Waals surface area contributed by atoms with Crippen molar-refractivity contribution in [2.75, 3.05) is 5.75 Å². The number of nitrogens with two attached hydrogens (primary N) is 1. The van der Waals surface area contributed by atoms with E-state index in [1.165, 1.54) is 46.4 Å². The van der Waals surface area contributed by atoms with Gasteiger partial charge in [-0.05, 0) is 65.7 Å². The lowest BCUT2D eigenvalue weighted by molar-refractivity contribution is 0.623. The van der Waals surface area contributed by atoms with Gasteiger partial charge >= 0.3 is 0 Å². The zero-order chi connectivity index (χ0) is 13.0. The summed E-state index contributed by atoms with van der Waals surface area (Å²) in [5, 5.41) is 0. The van der Waals surface area contributed by atoms with Crippen LogP contribution in [0.5, 0.6) is 0 Å². The Morgan fingerprint density at radius 1 is 1.39 bits per heavy atom. The summed E-state index contributed by atoms with van der Waals surface area (Å²) in [5.41, 5.74) is 7.15. The molecule has 1 nitrogen and oxygen atoms in total. The molecule has 2 N–H and O–H groups in total. The minimum absolute atomic E-state index is 0.230. The minimum Gasteiger partial charge on any atom is -0.328 e. The van der Waals surface area contributed by atoms with Crippen molar-refractivity contribution in [3.05, 3.63) is 28.2 Å². The first-order chi connectivity index (χ1) is 8.65. The highest BCUT2D eigenvalue weighted by atomic mass is 79.9. The van der Waals surface area contributed by atoms with Crippen molar-refractivity contribution in [2.24, 2.45) is 11.7 Å². The molecule has 1 aromatic rings. The highest BCUT2D eigenvalue weighted by Gasteiger charge is 2.15. The molecule has 18 heavy (non-hydrogen) atoms. The molecule has 0 aromatic heterocycles. The van der Waals surface area contributed by atoms with E-state index in [4.69, 9.17) is 5.73 Å². The zero-order valence-electron chi connectivity index (χ0n) is 11.0. The van der Waals surface area contributed by atoms with E-state index < -0.39 is 0 Å². The third-order valence-corrected chi connectivity index (χ3v) is 5.73. The van der Waals surface area contributed by atoms with Crippen LogP contribution in [-0.2, 0) is 6.42 Å². The Labute approximate surface area is 123 Å². The Morgan fingerprint density at radius 2 is 2.11 bits per heavy atom. The first-order valence-electron chi connectivity index (χ1n) is 6.82. The summed E-state index contributed by atoms with van der Waals surface area (Å²) in [6.07, 6.45) is 6.66. The second-order valence-electron chi connectivity index (χ2n) is 5.41. The maximum atomic E-state index is 5.83. The van der Waals surface area contributed by atoms with Gasteiger partial charge in [0.2, 0.25) is 0 Å². The molecule has 0 radical (unpaired) electrons. The average Bonchev–Trinajstić information content (AvgIpc) is 2.80. The van der Waals surface area contributed by atoms with Crippen molar-refractivity contribution in [1.29, 1.82) is 0 Å². The number of hydrogen-bond acceptors (Lipinski definition) is 2. The molecule has 1 fully saturated rings. The fourth-order valence-electron chi connectivity index (χ4n) is 2.54. The van der Waals surface area contributed by atoms with Crippen LogP contribution in [0, 0.1) is 5.92 Å². The molecule has 1 aliphatic rings. The molecular weight excluding hydrogens is 306 g/mol. The van der Waals surface area contributed by atoms with E-state index in [1.807, 2.05) is 11.8 Å². The predicted octanol–water partition coefficient (Wildman–Crippen LogP) is 4.62. The van der Waals surface area contributed by atoms with Gasteiger partial charge in [-0.2, -0.15) is 0 Å². The Balaban J connectivity index is 1.92. The van der Waals surface area contributed by atoms with Gasteiger partial charge in [0.1, 0.15) is 0 Å². The van der Waals surface area contributed by atoms with Gasteiger partial charge in [0.25, 0.3) is 0 Å². The van der Waals surface area contributed by atoms with Crippen molar-refractivity contribution in [3.8, 4) is 0 Å². The van der Waals surface area contributed by atoms with Gasteiger partial charge in [-0.1, -0.05) is 18.9 Å². The Morgan fingerprint density at radius 3 is 2.72 bits per heavy atom. The summed E-state index contributed by atoms with van der Waals surface area (Å²) in [7, 11) is 0.